The summed E-state index contributed by atoms with van der Waals surface area (Å²) in [6.07, 6.45) is -0.773. The standard InChI is InChI=1S/C15H15F3N2/c16-15(17,18)14-5-4-13(6-12(14)7-19)20-8-10-2-1-3-11(10)9-20/h4-6,10-11H,1-3,8-9H2. The number of benzene rings is 1. The lowest BCUT2D eigenvalue weighted by Gasteiger charge is -2.21. The Balaban J connectivity index is 1.87. The number of rotatable bonds is 1. The molecule has 2 unspecified atom stereocenters. The summed E-state index contributed by atoms with van der Waals surface area (Å²) >= 11 is 0. The fraction of sp³-hybridized carbons (Fsp3) is 0.533. The molecule has 0 amide bonds. The summed E-state index contributed by atoms with van der Waals surface area (Å²) in [6.45, 7) is 1.81. The number of alkyl halides is 3. The minimum absolute atomic E-state index is 0.285. The Morgan fingerprint density at radius 3 is 2.35 bits per heavy atom. The van der Waals surface area contributed by atoms with Crippen molar-refractivity contribution in [2.75, 3.05) is 18.0 Å². The van der Waals surface area contributed by atoms with Crippen molar-refractivity contribution < 1.29 is 13.2 Å². The van der Waals surface area contributed by atoms with Gasteiger partial charge in [0, 0.05) is 18.8 Å². The summed E-state index contributed by atoms with van der Waals surface area (Å²) in [6, 6.07) is 5.57. The van der Waals surface area contributed by atoms with Gasteiger partial charge >= 0.3 is 6.18 Å². The summed E-state index contributed by atoms with van der Waals surface area (Å²) < 4.78 is 38.3. The lowest BCUT2D eigenvalue weighted by Crippen LogP contribution is -2.21. The minimum atomic E-state index is -4.47. The fourth-order valence-corrected chi connectivity index (χ4v) is 3.51. The molecule has 1 aromatic carbocycles. The van der Waals surface area contributed by atoms with Gasteiger partial charge in [-0.1, -0.05) is 6.42 Å². The van der Waals surface area contributed by atoms with E-state index >= 15 is 0 Å². The Morgan fingerprint density at radius 2 is 1.80 bits per heavy atom. The second-order valence-electron chi connectivity index (χ2n) is 5.70. The van der Waals surface area contributed by atoms with Crippen LogP contribution in [0.1, 0.15) is 30.4 Å². The van der Waals surface area contributed by atoms with Crippen LogP contribution in [-0.2, 0) is 6.18 Å². The number of halogens is 3. The van der Waals surface area contributed by atoms with Crippen LogP contribution in [0.3, 0.4) is 0 Å². The third-order valence-corrected chi connectivity index (χ3v) is 4.52. The molecule has 2 fully saturated rings. The Kier molecular flexibility index (Phi) is 3.12. The second kappa shape index (κ2) is 4.69. The molecule has 3 rings (SSSR count). The van der Waals surface area contributed by atoms with Crippen LogP contribution in [0.15, 0.2) is 18.2 Å². The van der Waals surface area contributed by atoms with E-state index in [1.165, 1.54) is 31.4 Å². The van der Waals surface area contributed by atoms with Gasteiger partial charge in [0.15, 0.2) is 0 Å². The third-order valence-electron chi connectivity index (χ3n) is 4.52. The molecule has 1 saturated carbocycles. The maximum atomic E-state index is 12.8. The molecule has 1 aliphatic heterocycles. The fourth-order valence-electron chi connectivity index (χ4n) is 3.51. The summed E-state index contributed by atoms with van der Waals surface area (Å²) in [5, 5.41) is 8.94. The van der Waals surface area contributed by atoms with E-state index in [4.69, 9.17) is 5.26 Å². The first-order valence-corrected chi connectivity index (χ1v) is 6.85. The highest BCUT2D eigenvalue weighted by Gasteiger charge is 2.37. The molecule has 1 saturated heterocycles. The molecule has 0 N–H and O–H groups in total. The largest absolute Gasteiger partial charge is 0.417 e. The van der Waals surface area contributed by atoms with Crippen molar-refractivity contribution in [2.24, 2.45) is 11.8 Å². The highest BCUT2D eigenvalue weighted by atomic mass is 19.4. The van der Waals surface area contributed by atoms with Crippen molar-refractivity contribution in [3.8, 4) is 6.07 Å². The van der Waals surface area contributed by atoms with Crippen LogP contribution in [0.2, 0.25) is 0 Å². The van der Waals surface area contributed by atoms with Crippen LogP contribution < -0.4 is 4.90 Å². The van der Waals surface area contributed by atoms with Gasteiger partial charge in [-0.2, -0.15) is 18.4 Å². The summed E-state index contributed by atoms with van der Waals surface area (Å²) in [5.41, 5.74) is -0.390. The highest BCUT2D eigenvalue weighted by molar-refractivity contribution is 5.56. The summed E-state index contributed by atoms with van der Waals surface area (Å²) in [5.74, 6) is 1.34. The quantitative estimate of drug-likeness (QED) is 0.782. The van der Waals surface area contributed by atoms with Gasteiger partial charge in [0.2, 0.25) is 0 Å². The molecule has 0 aromatic heterocycles. The number of nitriles is 1. The molecule has 1 heterocycles. The normalized spacial score (nSPS) is 25.6. The lowest BCUT2D eigenvalue weighted by atomic mass is 10.0. The molecule has 2 aliphatic rings. The van der Waals surface area contributed by atoms with E-state index in [0.29, 0.717) is 11.8 Å². The number of nitrogens with zero attached hydrogens (tertiary/aromatic N) is 2. The van der Waals surface area contributed by atoms with E-state index in [9.17, 15) is 13.2 Å². The molecule has 5 heteroatoms. The van der Waals surface area contributed by atoms with Crippen LogP contribution in [0, 0.1) is 23.2 Å². The first-order valence-electron chi connectivity index (χ1n) is 6.85. The van der Waals surface area contributed by atoms with Crippen molar-refractivity contribution in [1.82, 2.24) is 0 Å². The predicted octanol–water partition coefficient (Wildman–Crippen LogP) is 3.81. The SMILES string of the molecule is N#Cc1cc(N2CC3CCCC3C2)ccc1C(F)(F)F. The van der Waals surface area contributed by atoms with Crippen molar-refractivity contribution >= 4 is 5.69 Å². The Morgan fingerprint density at radius 1 is 1.15 bits per heavy atom. The minimum Gasteiger partial charge on any atom is -0.371 e. The molecule has 1 aromatic rings. The topological polar surface area (TPSA) is 27.0 Å². The number of anilines is 1. The number of hydrogen-bond donors (Lipinski definition) is 0. The number of fused-ring (bicyclic) bond motifs is 1. The van der Waals surface area contributed by atoms with E-state index in [1.807, 2.05) is 0 Å². The van der Waals surface area contributed by atoms with Crippen LogP contribution in [0.25, 0.3) is 0 Å². The first kappa shape index (κ1) is 13.3. The van der Waals surface area contributed by atoms with E-state index in [2.05, 4.69) is 4.90 Å². The molecule has 2 nitrogen and oxygen atoms in total. The van der Waals surface area contributed by atoms with E-state index in [-0.39, 0.29) is 5.56 Å². The van der Waals surface area contributed by atoms with E-state index < -0.39 is 11.7 Å². The van der Waals surface area contributed by atoms with Crippen LogP contribution in [0.5, 0.6) is 0 Å². The molecule has 0 spiro atoms. The molecule has 106 valence electrons. The van der Waals surface area contributed by atoms with Gasteiger partial charge in [-0.05, 0) is 42.9 Å². The van der Waals surface area contributed by atoms with Crippen molar-refractivity contribution in [3.05, 3.63) is 29.3 Å². The Bertz CT molecular complexity index is 547. The van der Waals surface area contributed by atoms with Gasteiger partial charge in [-0.15, -0.1) is 0 Å². The molecular formula is C15H15F3N2. The predicted molar refractivity (Wildman–Crippen MR) is 69.2 cm³/mol. The van der Waals surface area contributed by atoms with E-state index in [0.717, 1.165) is 24.8 Å². The highest BCUT2D eigenvalue weighted by Crippen LogP contribution is 2.40. The maximum Gasteiger partial charge on any atom is 0.417 e. The number of hydrogen-bond acceptors (Lipinski definition) is 2. The van der Waals surface area contributed by atoms with Gasteiger partial charge in [0.05, 0.1) is 17.2 Å². The van der Waals surface area contributed by atoms with Crippen LogP contribution in [-0.4, -0.2) is 13.1 Å². The third kappa shape index (κ3) is 2.24. The van der Waals surface area contributed by atoms with Crippen molar-refractivity contribution in [1.29, 1.82) is 5.26 Å². The smallest absolute Gasteiger partial charge is 0.371 e. The van der Waals surface area contributed by atoms with Crippen LogP contribution >= 0.6 is 0 Å². The van der Waals surface area contributed by atoms with Crippen molar-refractivity contribution in [2.45, 2.75) is 25.4 Å². The Labute approximate surface area is 115 Å². The zero-order valence-electron chi connectivity index (χ0n) is 11.0. The van der Waals surface area contributed by atoms with Gasteiger partial charge in [0.25, 0.3) is 0 Å². The first-order chi connectivity index (χ1) is 9.49. The maximum absolute atomic E-state index is 12.8. The van der Waals surface area contributed by atoms with E-state index in [1.54, 1.807) is 6.07 Å². The van der Waals surface area contributed by atoms with Gasteiger partial charge < -0.3 is 4.90 Å². The Hall–Kier alpha value is -1.70. The average molecular weight is 280 g/mol. The monoisotopic (exact) mass is 280 g/mol. The zero-order valence-corrected chi connectivity index (χ0v) is 11.0. The van der Waals surface area contributed by atoms with Gasteiger partial charge in [-0.3, -0.25) is 0 Å². The van der Waals surface area contributed by atoms with Gasteiger partial charge in [-0.25, -0.2) is 0 Å². The molecule has 2 atom stereocenters. The van der Waals surface area contributed by atoms with Crippen LogP contribution in [0.4, 0.5) is 18.9 Å². The molecule has 0 bridgehead atoms. The zero-order chi connectivity index (χ0) is 14.3. The lowest BCUT2D eigenvalue weighted by molar-refractivity contribution is -0.137. The average Bonchev–Trinajstić information content (AvgIpc) is 2.97. The van der Waals surface area contributed by atoms with Crippen molar-refractivity contribution in [3.63, 3.8) is 0 Å². The molecular weight excluding hydrogens is 265 g/mol. The molecule has 0 radical (unpaired) electrons. The summed E-state index contributed by atoms with van der Waals surface area (Å²) in [7, 11) is 0. The second-order valence-corrected chi connectivity index (χ2v) is 5.70. The summed E-state index contributed by atoms with van der Waals surface area (Å²) in [4.78, 5) is 2.12. The van der Waals surface area contributed by atoms with Gasteiger partial charge in [0.1, 0.15) is 0 Å². The molecule has 20 heavy (non-hydrogen) atoms. The molecule has 1 aliphatic carbocycles.